The first-order valence-corrected chi connectivity index (χ1v) is 11.6. The van der Waals surface area contributed by atoms with E-state index in [0.29, 0.717) is 38.4 Å². The second kappa shape index (κ2) is 13.3. The minimum Gasteiger partial charge on any atom is -0.491 e. The Morgan fingerprint density at radius 3 is 2.41 bits per heavy atom. The van der Waals surface area contributed by atoms with E-state index in [1.165, 1.54) is 0 Å². The Morgan fingerprint density at radius 2 is 1.81 bits per heavy atom. The van der Waals surface area contributed by atoms with Crippen LogP contribution >= 0.6 is 0 Å². The number of aliphatic hydroxyl groups excluding tert-OH is 1. The van der Waals surface area contributed by atoms with E-state index in [9.17, 15) is 9.90 Å². The topological polar surface area (TPSA) is 69.9 Å². The van der Waals surface area contributed by atoms with Crippen LogP contribution in [0.1, 0.15) is 66.1 Å². The van der Waals surface area contributed by atoms with Gasteiger partial charge in [-0.15, -0.1) is 0 Å². The first-order chi connectivity index (χ1) is 15.2. The molecule has 1 atom stereocenters. The Balaban J connectivity index is 0.00000249. The number of para-hydroxylation sites is 1. The number of carbonyl (C=O) groups is 1. The van der Waals surface area contributed by atoms with Crippen molar-refractivity contribution in [1.29, 1.82) is 0 Å². The number of aliphatic hydroxyl groups is 1. The van der Waals surface area contributed by atoms with E-state index in [1.54, 1.807) is 6.92 Å². The van der Waals surface area contributed by atoms with Gasteiger partial charge in [-0.2, -0.15) is 0 Å². The molecule has 1 heterocycles. The number of benzene rings is 1. The van der Waals surface area contributed by atoms with Crippen molar-refractivity contribution < 1.29 is 24.1 Å². The maximum Gasteiger partial charge on any atom is 0.306 e. The molecule has 32 heavy (non-hydrogen) atoms. The van der Waals surface area contributed by atoms with Crippen molar-refractivity contribution in [3.63, 3.8) is 0 Å². The molecule has 2 aromatic rings. The monoisotopic (exact) mass is 447 g/mol. The van der Waals surface area contributed by atoms with Crippen molar-refractivity contribution in [3.8, 4) is 0 Å². The first-order valence-electron chi connectivity index (χ1n) is 11.6. The molecule has 0 bridgehead atoms. The van der Waals surface area contributed by atoms with Crippen molar-refractivity contribution in [3.05, 3.63) is 47.9 Å². The van der Waals surface area contributed by atoms with Gasteiger partial charge in [-0.05, 0) is 52.7 Å². The molecule has 2 rings (SSSR count). The number of ether oxygens (including phenoxy) is 3. The molecule has 0 saturated heterocycles. The molecule has 0 spiro atoms. The summed E-state index contributed by atoms with van der Waals surface area (Å²) in [5.74, 6) is 0.396. The number of hydrogen-bond acceptors (Lipinski definition) is 5. The molecular formula is C26H41NO5. The van der Waals surface area contributed by atoms with Crippen LogP contribution in [0, 0.1) is 0 Å². The van der Waals surface area contributed by atoms with Gasteiger partial charge in [-0.3, -0.25) is 4.79 Å². The van der Waals surface area contributed by atoms with E-state index in [1.807, 2.05) is 65.8 Å². The Kier molecular flexibility index (Phi) is 11.5. The van der Waals surface area contributed by atoms with Gasteiger partial charge in [0.25, 0.3) is 0 Å². The van der Waals surface area contributed by atoms with Crippen molar-refractivity contribution in [2.45, 2.75) is 86.2 Å². The van der Waals surface area contributed by atoms with Crippen LogP contribution in [0.2, 0.25) is 0 Å². The number of allylic oxidation sites excluding steroid dienone is 1. The van der Waals surface area contributed by atoms with Crippen molar-refractivity contribution >= 4 is 16.9 Å². The number of fused-ring (bicyclic) bond motifs is 1. The Bertz CT molecular complexity index is 863. The van der Waals surface area contributed by atoms with Crippen molar-refractivity contribution in [2.24, 2.45) is 0 Å². The lowest BCUT2D eigenvalue weighted by molar-refractivity contribution is -0.143. The second-order valence-corrected chi connectivity index (χ2v) is 8.20. The van der Waals surface area contributed by atoms with E-state index >= 15 is 0 Å². The van der Waals surface area contributed by atoms with Gasteiger partial charge in [-0.1, -0.05) is 38.6 Å². The normalized spacial score (nSPS) is 12.1. The van der Waals surface area contributed by atoms with Gasteiger partial charge in [0, 0.05) is 29.6 Å². The molecule has 180 valence electrons. The molecule has 0 radical (unpaired) electrons. The summed E-state index contributed by atoms with van der Waals surface area (Å²) in [5.41, 5.74) is 2.59. The fourth-order valence-electron chi connectivity index (χ4n) is 3.64. The summed E-state index contributed by atoms with van der Waals surface area (Å²) in [6, 6.07) is 8.01. The van der Waals surface area contributed by atoms with E-state index in [-0.39, 0.29) is 18.0 Å². The van der Waals surface area contributed by atoms with Crippen LogP contribution in [0.4, 0.5) is 0 Å². The number of hydrogen-bond donors (Lipinski definition) is 1. The summed E-state index contributed by atoms with van der Waals surface area (Å²) in [6.07, 6.45) is 0.176. The second-order valence-electron chi connectivity index (χ2n) is 8.20. The molecule has 0 aliphatic carbocycles. The summed E-state index contributed by atoms with van der Waals surface area (Å²) in [4.78, 5) is 12.0. The number of carbonyl (C=O) groups excluding carboxylic acids is 1. The van der Waals surface area contributed by atoms with Gasteiger partial charge in [0.1, 0.15) is 11.4 Å². The zero-order chi connectivity index (χ0) is 24.3. The van der Waals surface area contributed by atoms with Crippen LogP contribution in [-0.2, 0) is 38.4 Å². The summed E-state index contributed by atoms with van der Waals surface area (Å²) >= 11 is 0. The average Bonchev–Trinajstić information content (AvgIpc) is 2.99. The molecule has 1 unspecified atom stereocenters. The van der Waals surface area contributed by atoms with Gasteiger partial charge in [-0.25, -0.2) is 0 Å². The molecule has 1 aromatic heterocycles. The van der Waals surface area contributed by atoms with Crippen LogP contribution in [0.5, 0.6) is 0 Å². The molecule has 0 saturated carbocycles. The van der Waals surface area contributed by atoms with Crippen LogP contribution in [0.3, 0.4) is 0 Å². The minimum absolute atomic E-state index is 0.240. The average molecular weight is 448 g/mol. The zero-order valence-electron chi connectivity index (χ0n) is 20.9. The van der Waals surface area contributed by atoms with Crippen molar-refractivity contribution in [1.82, 2.24) is 4.57 Å². The Labute approximate surface area is 193 Å². The van der Waals surface area contributed by atoms with Gasteiger partial charge in [0.2, 0.25) is 0 Å². The highest BCUT2D eigenvalue weighted by Gasteiger charge is 2.22. The van der Waals surface area contributed by atoms with Crippen LogP contribution in [0.15, 0.2) is 36.6 Å². The molecule has 0 amide bonds. The molecule has 0 fully saturated rings. The van der Waals surface area contributed by atoms with Crippen LogP contribution in [-0.4, -0.2) is 40.7 Å². The smallest absolute Gasteiger partial charge is 0.306 e. The summed E-state index contributed by atoms with van der Waals surface area (Å²) in [7, 11) is 0. The highest BCUT2D eigenvalue weighted by Crippen LogP contribution is 2.30. The van der Waals surface area contributed by atoms with Gasteiger partial charge in [0.15, 0.2) is 6.29 Å². The third-order valence-corrected chi connectivity index (χ3v) is 4.59. The lowest BCUT2D eigenvalue weighted by Gasteiger charge is -2.24. The molecular weight excluding hydrogens is 406 g/mol. The third kappa shape index (κ3) is 8.32. The van der Waals surface area contributed by atoms with E-state index in [2.05, 4.69) is 11.1 Å². The summed E-state index contributed by atoms with van der Waals surface area (Å²) in [5, 5.41) is 11.4. The molecule has 1 N–H and O–H groups in total. The predicted octanol–water partition coefficient (Wildman–Crippen LogP) is 5.39. The van der Waals surface area contributed by atoms with Gasteiger partial charge >= 0.3 is 5.97 Å². The van der Waals surface area contributed by atoms with Crippen molar-refractivity contribution in [2.75, 3.05) is 13.2 Å². The largest absolute Gasteiger partial charge is 0.491 e. The number of aromatic nitrogens is 1. The molecule has 0 aliphatic rings. The van der Waals surface area contributed by atoms with E-state index in [0.717, 1.165) is 22.2 Å². The molecule has 6 nitrogen and oxygen atoms in total. The first kappa shape index (κ1) is 27.7. The number of nitrogens with zero attached hydrogens (tertiary/aromatic N) is 1. The highest BCUT2D eigenvalue weighted by atomic mass is 16.6. The Morgan fingerprint density at radius 1 is 1.16 bits per heavy atom. The quantitative estimate of drug-likeness (QED) is 0.284. The lowest BCUT2D eigenvalue weighted by Crippen LogP contribution is -2.21. The Hall–Kier alpha value is -2.31. The van der Waals surface area contributed by atoms with Gasteiger partial charge < -0.3 is 23.9 Å². The highest BCUT2D eigenvalue weighted by molar-refractivity contribution is 5.86. The number of esters is 1. The van der Waals surface area contributed by atoms with Crippen LogP contribution in [0.25, 0.3) is 10.9 Å². The SMILES string of the molecule is C=C(Cn1c(CCC(=O)OCC)c(CC(O)OCC)c2ccccc21)OC(C)(C)C.CC. The third-order valence-electron chi connectivity index (χ3n) is 4.59. The zero-order valence-corrected chi connectivity index (χ0v) is 20.9. The lowest BCUT2D eigenvalue weighted by atomic mass is 10.0. The molecule has 0 aliphatic heterocycles. The predicted molar refractivity (Wildman–Crippen MR) is 130 cm³/mol. The van der Waals surface area contributed by atoms with E-state index < -0.39 is 6.29 Å². The fraction of sp³-hybridized carbons (Fsp3) is 0.577. The maximum absolute atomic E-state index is 12.0. The molecule has 6 heteroatoms. The summed E-state index contributed by atoms with van der Waals surface area (Å²) in [6.45, 7) is 18.9. The maximum atomic E-state index is 12.0. The van der Waals surface area contributed by atoms with Crippen LogP contribution < -0.4 is 0 Å². The van der Waals surface area contributed by atoms with E-state index in [4.69, 9.17) is 14.2 Å². The number of rotatable bonds is 11. The standard InChI is InChI=1S/C24H35NO5.C2H6/c1-7-28-22(26)14-13-21-19(15-23(27)29-8-2)18-11-9-10-12-20(18)25(21)16-17(3)30-24(4,5)6;1-2/h9-12,23,27H,3,7-8,13-16H2,1-2,4-6H3;1-2H3. The van der Waals surface area contributed by atoms with Gasteiger partial charge in [0.05, 0.1) is 19.6 Å². The molecule has 1 aromatic carbocycles. The summed E-state index contributed by atoms with van der Waals surface area (Å²) < 4.78 is 18.6. The minimum atomic E-state index is -0.912. The fourth-order valence-corrected chi connectivity index (χ4v) is 3.64.